The maximum absolute atomic E-state index is 12.5. The van der Waals surface area contributed by atoms with Crippen LogP contribution >= 0.6 is 0 Å². The summed E-state index contributed by atoms with van der Waals surface area (Å²) in [6, 6.07) is 12.7. The summed E-state index contributed by atoms with van der Waals surface area (Å²) in [5.41, 5.74) is 3.18. The SMILES string of the molecule is COC(=O)c1cccc(N2Cc3ccc(OC)cc3CC2=O)c1. The number of carbonyl (C=O) groups excluding carboxylic acids is 2. The first-order valence-corrected chi connectivity index (χ1v) is 7.27. The predicted molar refractivity (Wildman–Crippen MR) is 85.7 cm³/mol. The maximum Gasteiger partial charge on any atom is 0.337 e. The molecule has 2 aromatic rings. The minimum absolute atomic E-state index is 0.00670. The fraction of sp³-hybridized carbons (Fsp3) is 0.222. The second-order valence-corrected chi connectivity index (χ2v) is 5.33. The lowest BCUT2D eigenvalue weighted by Gasteiger charge is -2.29. The van der Waals surface area contributed by atoms with Crippen LogP contribution in [0.3, 0.4) is 0 Å². The summed E-state index contributed by atoms with van der Waals surface area (Å²) in [5.74, 6) is 0.326. The van der Waals surface area contributed by atoms with Crippen molar-refractivity contribution in [3.63, 3.8) is 0 Å². The first kappa shape index (κ1) is 15.1. The number of nitrogens with zero attached hydrogens (tertiary/aromatic N) is 1. The number of benzene rings is 2. The van der Waals surface area contributed by atoms with E-state index in [1.807, 2.05) is 24.3 Å². The van der Waals surface area contributed by atoms with Crippen LogP contribution in [0.15, 0.2) is 42.5 Å². The smallest absolute Gasteiger partial charge is 0.337 e. The van der Waals surface area contributed by atoms with Crippen molar-refractivity contribution in [1.82, 2.24) is 0 Å². The van der Waals surface area contributed by atoms with Gasteiger partial charge in [0, 0.05) is 5.69 Å². The highest BCUT2D eigenvalue weighted by molar-refractivity contribution is 5.98. The molecule has 0 aliphatic carbocycles. The van der Waals surface area contributed by atoms with Crippen molar-refractivity contribution in [3.05, 3.63) is 59.2 Å². The zero-order valence-corrected chi connectivity index (χ0v) is 13.0. The van der Waals surface area contributed by atoms with Gasteiger partial charge in [0.2, 0.25) is 5.91 Å². The molecular formula is C18H17NO4. The number of ether oxygens (including phenoxy) is 2. The van der Waals surface area contributed by atoms with Crippen LogP contribution in [0.25, 0.3) is 0 Å². The van der Waals surface area contributed by atoms with Gasteiger partial charge in [-0.3, -0.25) is 4.79 Å². The van der Waals surface area contributed by atoms with E-state index in [2.05, 4.69) is 0 Å². The van der Waals surface area contributed by atoms with Crippen molar-refractivity contribution in [3.8, 4) is 5.75 Å². The fourth-order valence-corrected chi connectivity index (χ4v) is 2.72. The van der Waals surface area contributed by atoms with Gasteiger partial charge in [-0.05, 0) is 41.5 Å². The molecule has 0 spiro atoms. The fourth-order valence-electron chi connectivity index (χ4n) is 2.72. The standard InChI is InChI=1S/C18H17NO4/c1-22-16-7-6-13-11-19(17(20)10-14(13)9-16)15-5-3-4-12(8-15)18(21)23-2/h3-9H,10-11H2,1-2H3. The third-order valence-electron chi connectivity index (χ3n) is 3.96. The molecule has 0 atom stereocenters. The minimum Gasteiger partial charge on any atom is -0.497 e. The quantitative estimate of drug-likeness (QED) is 0.818. The Morgan fingerprint density at radius 1 is 1.09 bits per heavy atom. The van der Waals surface area contributed by atoms with Crippen LogP contribution in [0.2, 0.25) is 0 Å². The molecule has 0 saturated carbocycles. The van der Waals surface area contributed by atoms with Crippen LogP contribution in [0.5, 0.6) is 5.75 Å². The van der Waals surface area contributed by atoms with E-state index in [1.165, 1.54) is 7.11 Å². The highest BCUT2D eigenvalue weighted by Crippen LogP contribution is 2.28. The Hall–Kier alpha value is -2.82. The molecule has 0 unspecified atom stereocenters. The molecule has 5 nitrogen and oxygen atoms in total. The third-order valence-corrected chi connectivity index (χ3v) is 3.96. The third kappa shape index (κ3) is 2.90. The van der Waals surface area contributed by atoms with Crippen LogP contribution in [-0.4, -0.2) is 26.1 Å². The second kappa shape index (κ2) is 6.12. The largest absolute Gasteiger partial charge is 0.497 e. The predicted octanol–water partition coefficient (Wildman–Crippen LogP) is 2.57. The maximum atomic E-state index is 12.5. The zero-order valence-electron chi connectivity index (χ0n) is 13.0. The summed E-state index contributed by atoms with van der Waals surface area (Å²) < 4.78 is 9.94. The Balaban J connectivity index is 1.92. The van der Waals surface area contributed by atoms with Crippen LogP contribution in [0.4, 0.5) is 5.69 Å². The highest BCUT2D eigenvalue weighted by Gasteiger charge is 2.25. The summed E-state index contributed by atoms with van der Waals surface area (Å²) in [6.45, 7) is 0.475. The molecule has 5 heteroatoms. The van der Waals surface area contributed by atoms with Gasteiger partial charge in [-0.1, -0.05) is 12.1 Å². The number of amides is 1. The molecule has 1 aliphatic heterocycles. The summed E-state index contributed by atoms with van der Waals surface area (Å²) >= 11 is 0. The van der Waals surface area contributed by atoms with E-state index in [4.69, 9.17) is 9.47 Å². The molecule has 0 saturated heterocycles. The Bertz CT molecular complexity index is 769. The van der Waals surface area contributed by atoms with Crippen molar-refractivity contribution < 1.29 is 19.1 Å². The van der Waals surface area contributed by atoms with Gasteiger partial charge < -0.3 is 14.4 Å². The number of methoxy groups -OCH3 is 2. The molecule has 1 heterocycles. The number of carbonyl (C=O) groups is 2. The summed E-state index contributed by atoms with van der Waals surface area (Å²) in [7, 11) is 2.95. The van der Waals surface area contributed by atoms with Gasteiger partial charge in [-0.15, -0.1) is 0 Å². The van der Waals surface area contributed by atoms with Gasteiger partial charge in [0.1, 0.15) is 5.75 Å². The summed E-state index contributed by atoms with van der Waals surface area (Å²) in [6.07, 6.45) is 0.314. The van der Waals surface area contributed by atoms with Gasteiger partial charge in [0.15, 0.2) is 0 Å². The Morgan fingerprint density at radius 2 is 1.91 bits per heavy atom. The lowest BCUT2D eigenvalue weighted by atomic mass is 9.98. The molecule has 0 aromatic heterocycles. The highest BCUT2D eigenvalue weighted by atomic mass is 16.5. The monoisotopic (exact) mass is 311 g/mol. The van der Waals surface area contributed by atoms with Gasteiger partial charge in [0.25, 0.3) is 0 Å². The van der Waals surface area contributed by atoms with Gasteiger partial charge in [0.05, 0.1) is 32.7 Å². The van der Waals surface area contributed by atoms with Gasteiger partial charge >= 0.3 is 5.97 Å². The molecule has 0 radical (unpaired) electrons. The first-order chi connectivity index (χ1) is 11.1. The Labute approximate surface area is 134 Å². The number of esters is 1. The van der Waals surface area contributed by atoms with Gasteiger partial charge in [-0.25, -0.2) is 4.79 Å². The molecule has 0 fully saturated rings. The molecule has 3 rings (SSSR count). The van der Waals surface area contributed by atoms with Gasteiger partial charge in [-0.2, -0.15) is 0 Å². The van der Waals surface area contributed by atoms with Crippen LogP contribution in [0.1, 0.15) is 21.5 Å². The van der Waals surface area contributed by atoms with E-state index < -0.39 is 5.97 Å². The lowest BCUT2D eigenvalue weighted by molar-refractivity contribution is -0.118. The molecule has 118 valence electrons. The number of hydrogen-bond donors (Lipinski definition) is 0. The van der Waals surface area contributed by atoms with E-state index in [0.717, 1.165) is 16.9 Å². The Kier molecular flexibility index (Phi) is 4.02. The van der Waals surface area contributed by atoms with Crippen molar-refractivity contribution in [1.29, 1.82) is 0 Å². The molecule has 0 N–H and O–H groups in total. The van der Waals surface area contributed by atoms with Crippen LogP contribution in [0, 0.1) is 0 Å². The van der Waals surface area contributed by atoms with Crippen LogP contribution in [-0.2, 0) is 22.5 Å². The topological polar surface area (TPSA) is 55.8 Å². The number of rotatable bonds is 3. The van der Waals surface area contributed by atoms with Crippen molar-refractivity contribution in [2.24, 2.45) is 0 Å². The number of hydrogen-bond acceptors (Lipinski definition) is 4. The van der Waals surface area contributed by atoms with Crippen molar-refractivity contribution >= 4 is 17.6 Å². The molecule has 1 amide bonds. The number of fused-ring (bicyclic) bond motifs is 1. The summed E-state index contributed by atoms with van der Waals surface area (Å²) in [4.78, 5) is 25.8. The zero-order chi connectivity index (χ0) is 16.4. The minimum atomic E-state index is -0.415. The van der Waals surface area contributed by atoms with E-state index in [9.17, 15) is 9.59 Å². The molecular weight excluding hydrogens is 294 g/mol. The van der Waals surface area contributed by atoms with E-state index in [1.54, 1.807) is 30.2 Å². The van der Waals surface area contributed by atoms with Crippen molar-refractivity contribution in [2.45, 2.75) is 13.0 Å². The molecule has 2 aromatic carbocycles. The first-order valence-electron chi connectivity index (χ1n) is 7.27. The Morgan fingerprint density at radius 3 is 2.65 bits per heavy atom. The average Bonchev–Trinajstić information content (AvgIpc) is 2.60. The van der Waals surface area contributed by atoms with Crippen LogP contribution < -0.4 is 9.64 Å². The average molecular weight is 311 g/mol. The molecule has 0 bridgehead atoms. The molecule has 1 aliphatic rings. The van der Waals surface area contributed by atoms with Crippen molar-refractivity contribution in [2.75, 3.05) is 19.1 Å². The number of anilines is 1. The lowest BCUT2D eigenvalue weighted by Crippen LogP contribution is -2.36. The second-order valence-electron chi connectivity index (χ2n) is 5.33. The molecule has 23 heavy (non-hydrogen) atoms. The normalized spacial score (nSPS) is 13.5. The van der Waals surface area contributed by atoms with E-state index >= 15 is 0 Å². The van der Waals surface area contributed by atoms with E-state index in [-0.39, 0.29) is 5.91 Å². The summed E-state index contributed by atoms with van der Waals surface area (Å²) in [5, 5.41) is 0. The van der Waals surface area contributed by atoms with E-state index in [0.29, 0.717) is 24.2 Å².